The normalized spacial score (nSPS) is 13.3. The molecule has 4 rings (SSSR count). The first-order chi connectivity index (χ1) is 16.2. The van der Waals surface area contributed by atoms with E-state index >= 15 is 0 Å². The van der Waals surface area contributed by atoms with E-state index in [2.05, 4.69) is 61.6 Å². The molecule has 1 amide bonds. The fourth-order valence-electron chi connectivity index (χ4n) is 3.70. The molecule has 1 aliphatic heterocycles. The molecule has 0 spiro atoms. The van der Waals surface area contributed by atoms with E-state index in [1.54, 1.807) is 38.1 Å². The van der Waals surface area contributed by atoms with Crippen molar-refractivity contribution in [1.29, 1.82) is 0 Å². The Bertz CT molecular complexity index is 1220. The number of nitrogens with one attached hydrogen (secondary N) is 3. The molecule has 0 aliphatic carbocycles. The van der Waals surface area contributed by atoms with Gasteiger partial charge in [-0.25, -0.2) is 9.97 Å². The molecule has 0 saturated carbocycles. The van der Waals surface area contributed by atoms with Crippen molar-refractivity contribution in [2.24, 2.45) is 0 Å². The van der Waals surface area contributed by atoms with Crippen molar-refractivity contribution >= 4 is 29.2 Å². The third kappa shape index (κ3) is 5.38. The van der Waals surface area contributed by atoms with Crippen LogP contribution in [0.1, 0.15) is 41.0 Å². The topological polar surface area (TPSA) is 115 Å². The Morgan fingerprint density at radius 3 is 2.74 bits per heavy atom. The van der Waals surface area contributed by atoms with Crippen molar-refractivity contribution < 1.29 is 9.90 Å². The molecule has 176 valence electrons. The second kappa shape index (κ2) is 9.58. The minimum absolute atomic E-state index is 0.262. The Labute approximate surface area is 199 Å². The second-order valence-electron chi connectivity index (χ2n) is 8.83. The van der Waals surface area contributed by atoms with E-state index < -0.39 is 5.60 Å². The van der Waals surface area contributed by atoms with E-state index in [0.29, 0.717) is 29.8 Å². The summed E-state index contributed by atoms with van der Waals surface area (Å²) in [5.74, 6) is 0.740. The van der Waals surface area contributed by atoms with Gasteiger partial charge in [0, 0.05) is 31.5 Å². The summed E-state index contributed by atoms with van der Waals surface area (Å²) in [6.07, 6.45) is 3.07. The number of carbonyl (C=O) groups excluding carboxylic acids is 1. The number of aliphatic hydroxyl groups is 1. The van der Waals surface area contributed by atoms with Gasteiger partial charge in [0.15, 0.2) is 0 Å². The lowest BCUT2D eigenvalue weighted by Gasteiger charge is -2.18. The van der Waals surface area contributed by atoms with Crippen molar-refractivity contribution in [1.82, 2.24) is 25.2 Å². The van der Waals surface area contributed by atoms with E-state index in [0.717, 1.165) is 18.8 Å². The van der Waals surface area contributed by atoms with Crippen LogP contribution in [0, 0.1) is 0 Å². The number of nitrogens with zero attached hydrogens (tertiary/aromatic N) is 4. The summed E-state index contributed by atoms with van der Waals surface area (Å²) >= 11 is 0. The van der Waals surface area contributed by atoms with E-state index in [9.17, 15) is 9.90 Å². The number of pyridine rings is 1. The van der Waals surface area contributed by atoms with Crippen LogP contribution in [0.2, 0.25) is 0 Å². The summed E-state index contributed by atoms with van der Waals surface area (Å²) < 4.78 is 0. The van der Waals surface area contributed by atoms with Gasteiger partial charge in [0.05, 0.1) is 5.69 Å². The lowest BCUT2D eigenvalue weighted by Crippen LogP contribution is -2.25. The molecule has 1 aromatic carbocycles. The molecule has 34 heavy (non-hydrogen) atoms. The zero-order valence-corrected chi connectivity index (χ0v) is 19.6. The first-order valence-corrected chi connectivity index (χ1v) is 11.0. The Kier molecular flexibility index (Phi) is 6.58. The van der Waals surface area contributed by atoms with Crippen LogP contribution >= 0.6 is 0 Å². The summed E-state index contributed by atoms with van der Waals surface area (Å²) in [5.41, 5.74) is 3.08. The molecular weight excluding hydrogens is 430 g/mol. The first kappa shape index (κ1) is 23.3. The van der Waals surface area contributed by atoms with E-state index in [1.165, 1.54) is 17.3 Å². The highest BCUT2D eigenvalue weighted by Gasteiger charge is 2.20. The fraction of sp³-hybridized carbons (Fsp3) is 0.280. The Morgan fingerprint density at radius 2 is 1.97 bits per heavy atom. The minimum Gasteiger partial charge on any atom is -0.384 e. The van der Waals surface area contributed by atoms with Crippen molar-refractivity contribution in [2.45, 2.75) is 32.5 Å². The Balaban J connectivity index is 1.64. The van der Waals surface area contributed by atoms with Gasteiger partial charge < -0.3 is 21.1 Å². The number of aromatic nitrogens is 3. The SMILES string of the molecule is C=CCNC(=O)c1cnc(Nc2ccc3c(c2)CN(C)C3)nc1Nc1cccc(C(C)(C)O)n1. The average Bonchev–Trinajstić information content (AvgIpc) is 3.16. The smallest absolute Gasteiger partial charge is 0.256 e. The van der Waals surface area contributed by atoms with Crippen molar-refractivity contribution in [2.75, 3.05) is 24.2 Å². The predicted molar refractivity (Wildman–Crippen MR) is 132 cm³/mol. The zero-order chi connectivity index (χ0) is 24.3. The van der Waals surface area contributed by atoms with E-state index in [4.69, 9.17) is 0 Å². The van der Waals surface area contributed by atoms with Crippen LogP contribution < -0.4 is 16.0 Å². The molecule has 3 heterocycles. The number of anilines is 4. The summed E-state index contributed by atoms with van der Waals surface area (Å²) in [7, 11) is 2.09. The highest BCUT2D eigenvalue weighted by molar-refractivity contribution is 5.99. The molecule has 4 N–H and O–H groups in total. The molecule has 0 atom stereocenters. The molecule has 9 nitrogen and oxygen atoms in total. The molecule has 0 saturated heterocycles. The van der Waals surface area contributed by atoms with E-state index in [1.807, 2.05) is 6.07 Å². The van der Waals surface area contributed by atoms with Gasteiger partial charge in [-0.2, -0.15) is 4.98 Å². The average molecular weight is 460 g/mol. The maximum atomic E-state index is 12.7. The van der Waals surface area contributed by atoms with Crippen molar-refractivity contribution in [3.05, 3.63) is 77.6 Å². The largest absolute Gasteiger partial charge is 0.384 e. The summed E-state index contributed by atoms with van der Waals surface area (Å²) in [6.45, 7) is 9.10. The molecule has 9 heteroatoms. The van der Waals surface area contributed by atoms with Gasteiger partial charge in [-0.3, -0.25) is 9.69 Å². The number of benzene rings is 1. The number of hydrogen-bond donors (Lipinski definition) is 4. The third-order valence-corrected chi connectivity index (χ3v) is 5.41. The Hall–Kier alpha value is -3.82. The molecule has 2 aromatic heterocycles. The summed E-state index contributed by atoms with van der Waals surface area (Å²) in [5, 5.41) is 19.4. The molecule has 0 fully saturated rings. The van der Waals surface area contributed by atoms with Crippen LogP contribution in [0.15, 0.2) is 55.3 Å². The van der Waals surface area contributed by atoms with Gasteiger partial charge >= 0.3 is 0 Å². The van der Waals surface area contributed by atoms with Crippen LogP contribution in [-0.2, 0) is 18.7 Å². The Morgan fingerprint density at radius 1 is 1.18 bits per heavy atom. The van der Waals surface area contributed by atoms with Crippen molar-refractivity contribution in [3.8, 4) is 0 Å². The first-order valence-electron chi connectivity index (χ1n) is 11.0. The molecule has 0 unspecified atom stereocenters. The van der Waals surface area contributed by atoms with Crippen LogP contribution in [0.5, 0.6) is 0 Å². The van der Waals surface area contributed by atoms with Crippen LogP contribution in [0.3, 0.4) is 0 Å². The number of rotatable bonds is 8. The zero-order valence-electron chi connectivity index (χ0n) is 19.6. The summed E-state index contributed by atoms with van der Waals surface area (Å²) in [4.78, 5) is 28.3. The molecular formula is C25H29N7O2. The van der Waals surface area contributed by atoms with Crippen LogP contribution in [-0.4, -0.2) is 44.5 Å². The van der Waals surface area contributed by atoms with E-state index in [-0.39, 0.29) is 11.5 Å². The quantitative estimate of drug-likeness (QED) is 0.379. The lowest BCUT2D eigenvalue weighted by molar-refractivity contribution is 0.0740. The molecule has 0 radical (unpaired) electrons. The molecule has 3 aromatic rings. The number of amides is 1. The maximum absolute atomic E-state index is 12.7. The number of carbonyl (C=O) groups is 1. The lowest BCUT2D eigenvalue weighted by atomic mass is 10.1. The number of hydrogen-bond acceptors (Lipinski definition) is 8. The van der Waals surface area contributed by atoms with Gasteiger partial charge in [0.2, 0.25) is 5.95 Å². The molecule has 0 bridgehead atoms. The maximum Gasteiger partial charge on any atom is 0.256 e. The second-order valence-corrected chi connectivity index (χ2v) is 8.83. The van der Waals surface area contributed by atoms with Crippen molar-refractivity contribution in [3.63, 3.8) is 0 Å². The van der Waals surface area contributed by atoms with Gasteiger partial charge in [0.25, 0.3) is 5.91 Å². The fourth-order valence-corrected chi connectivity index (χ4v) is 3.70. The predicted octanol–water partition coefficient (Wildman–Crippen LogP) is 3.45. The van der Waals surface area contributed by atoms with Crippen LogP contribution in [0.4, 0.5) is 23.3 Å². The van der Waals surface area contributed by atoms with Crippen LogP contribution in [0.25, 0.3) is 0 Å². The third-order valence-electron chi connectivity index (χ3n) is 5.41. The standard InChI is InChI=1S/C25H29N7O2/c1-5-11-26-23(33)19-13-27-24(28-18-10-9-16-14-32(4)15-17(16)12-18)31-22(19)30-21-8-6-7-20(29-21)25(2,3)34/h5-10,12-13,34H,1,11,14-15H2,2-4H3,(H,26,33)(H2,27,28,29,30,31). The number of fused-ring (bicyclic) bond motifs is 1. The van der Waals surface area contributed by atoms with Gasteiger partial charge in [-0.15, -0.1) is 6.58 Å². The van der Waals surface area contributed by atoms with Gasteiger partial charge in [-0.1, -0.05) is 18.2 Å². The highest BCUT2D eigenvalue weighted by atomic mass is 16.3. The van der Waals surface area contributed by atoms with Gasteiger partial charge in [-0.05, 0) is 56.3 Å². The molecule has 1 aliphatic rings. The minimum atomic E-state index is -1.11. The monoisotopic (exact) mass is 459 g/mol. The van der Waals surface area contributed by atoms with Gasteiger partial charge in [0.1, 0.15) is 22.8 Å². The highest BCUT2D eigenvalue weighted by Crippen LogP contribution is 2.27. The summed E-state index contributed by atoms with van der Waals surface area (Å²) in [6, 6.07) is 11.4.